The average molecular weight is 174 g/mol. The van der Waals surface area contributed by atoms with Gasteiger partial charge in [-0.05, 0) is 6.42 Å². The summed E-state index contributed by atoms with van der Waals surface area (Å²) < 4.78 is 46.2. The fraction of sp³-hybridized carbons (Fsp3) is 0.800. The van der Waals surface area contributed by atoms with Gasteiger partial charge in [0.25, 0.3) is 0 Å². The second-order valence-electron chi connectivity index (χ2n) is 1.91. The van der Waals surface area contributed by atoms with Gasteiger partial charge in [-0.2, -0.15) is 13.2 Å². The maximum absolute atomic E-state index is 11.6. The van der Waals surface area contributed by atoms with Gasteiger partial charge < -0.3 is 5.11 Å². The minimum absolute atomic E-state index is 1.02. The lowest BCUT2D eigenvalue weighted by Gasteiger charge is -2.13. The molecule has 0 heterocycles. The number of aliphatic carboxylic acids is 1. The Balaban J connectivity index is 4.22. The predicted octanol–water partition coefficient (Wildman–Crippen LogP) is 1.61. The van der Waals surface area contributed by atoms with Crippen LogP contribution in [-0.4, -0.2) is 23.9 Å². The highest BCUT2D eigenvalue weighted by atomic mass is 19.4. The van der Waals surface area contributed by atoms with E-state index in [0.29, 0.717) is 0 Å². The van der Waals surface area contributed by atoms with E-state index in [1.165, 1.54) is 0 Å². The van der Waals surface area contributed by atoms with E-state index in [1.54, 1.807) is 0 Å². The molecule has 0 aromatic carbocycles. The standard InChI is InChI=1S/C5H6F4O2/c6-2-1-3(4(10)11)5(7,8)9/h3H,1-2H2,(H,10,11). The molecule has 1 N–H and O–H groups in total. The largest absolute Gasteiger partial charge is 0.481 e. The van der Waals surface area contributed by atoms with Crippen LogP contribution < -0.4 is 0 Å². The van der Waals surface area contributed by atoms with Crippen molar-refractivity contribution in [2.24, 2.45) is 5.92 Å². The minimum Gasteiger partial charge on any atom is -0.481 e. The number of carboxylic acid groups (broad SMARTS) is 1. The molecular weight excluding hydrogens is 168 g/mol. The van der Waals surface area contributed by atoms with Crippen LogP contribution in [0.1, 0.15) is 6.42 Å². The van der Waals surface area contributed by atoms with Crippen LogP contribution in [0.15, 0.2) is 0 Å². The summed E-state index contributed by atoms with van der Waals surface area (Å²) in [7, 11) is 0. The number of alkyl halides is 4. The third-order valence-corrected chi connectivity index (χ3v) is 1.09. The lowest BCUT2D eigenvalue weighted by molar-refractivity contribution is -0.195. The second-order valence-corrected chi connectivity index (χ2v) is 1.91. The van der Waals surface area contributed by atoms with Crippen LogP contribution in [0, 0.1) is 5.92 Å². The third-order valence-electron chi connectivity index (χ3n) is 1.09. The highest BCUT2D eigenvalue weighted by Crippen LogP contribution is 2.28. The molecule has 66 valence electrons. The van der Waals surface area contributed by atoms with Crippen LogP contribution in [0.2, 0.25) is 0 Å². The van der Waals surface area contributed by atoms with Gasteiger partial charge in [0.2, 0.25) is 0 Å². The van der Waals surface area contributed by atoms with E-state index in [-0.39, 0.29) is 0 Å². The highest BCUT2D eigenvalue weighted by Gasteiger charge is 2.44. The van der Waals surface area contributed by atoms with E-state index in [1.807, 2.05) is 0 Å². The van der Waals surface area contributed by atoms with E-state index < -0.39 is 31.2 Å². The van der Waals surface area contributed by atoms with Crippen LogP contribution in [-0.2, 0) is 4.79 Å². The maximum atomic E-state index is 11.6. The predicted molar refractivity (Wildman–Crippen MR) is 27.8 cm³/mol. The second kappa shape index (κ2) is 3.54. The molecule has 1 unspecified atom stereocenters. The normalized spacial score (nSPS) is 14.5. The summed E-state index contributed by atoms with van der Waals surface area (Å²) in [4.78, 5) is 9.85. The fourth-order valence-electron chi connectivity index (χ4n) is 0.536. The minimum atomic E-state index is -4.85. The van der Waals surface area contributed by atoms with Gasteiger partial charge in [0.05, 0.1) is 6.67 Å². The molecule has 0 bridgehead atoms. The Morgan fingerprint density at radius 2 is 1.91 bits per heavy atom. The van der Waals surface area contributed by atoms with Gasteiger partial charge in [-0.1, -0.05) is 0 Å². The number of halogens is 4. The molecule has 0 aliphatic heterocycles. The van der Waals surface area contributed by atoms with Gasteiger partial charge in [0, 0.05) is 0 Å². The zero-order valence-electron chi connectivity index (χ0n) is 5.36. The number of carbonyl (C=O) groups is 1. The Morgan fingerprint density at radius 1 is 1.45 bits per heavy atom. The van der Waals surface area contributed by atoms with Gasteiger partial charge in [0.1, 0.15) is 0 Å². The number of carboxylic acids is 1. The van der Waals surface area contributed by atoms with Gasteiger partial charge >= 0.3 is 12.1 Å². The van der Waals surface area contributed by atoms with Crippen LogP contribution >= 0.6 is 0 Å². The lowest BCUT2D eigenvalue weighted by atomic mass is 10.1. The molecule has 0 aliphatic rings. The van der Waals surface area contributed by atoms with E-state index in [0.717, 1.165) is 0 Å². The van der Waals surface area contributed by atoms with Crippen molar-refractivity contribution in [1.82, 2.24) is 0 Å². The molecule has 1 atom stereocenters. The molecule has 0 aromatic rings. The van der Waals surface area contributed by atoms with Crippen molar-refractivity contribution in [2.75, 3.05) is 6.67 Å². The average Bonchev–Trinajstić information content (AvgIpc) is 1.79. The lowest BCUT2D eigenvalue weighted by Crippen LogP contribution is -2.30. The summed E-state index contributed by atoms with van der Waals surface area (Å²) in [5.74, 6) is -4.61. The Bertz CT molecular complexity index is 142. The summed E-state index contributed by atoms with van der Waals surface area (Å²) in [5, 5.41) is 7.95. The molecule has 11 heavy (non-hydrogen) atoms. The smallest absolute Gasteiger partial charge is 0.402 e. The number of hydrogen-bond acceptors (Lipinski definition) is 1. The summed E-state index contributed by atoms with van der Waals surface area (Å²) in [5.41, 5.74) is 0. The van der Waals surface area contributed by atoms with Gasteiger partial charge in [0.15, 0.2) is 5.92 Å². The van der Waals surface area contributed by atoms with E-state index >= 15 is 0 Å². The molecule has 0 spiro atoms. The van der Waals surface area contributed by atoms with Gasteiger partial charge in [-0.15, -0.1) is 0 Å². The van der Waals surface area contributed by atoms with Crippen LogP contribution in [0.25, 0.3) is 0 Å². The SMILES string of the molecule is O=C(O)C(CCF)C(F)(F)F. The van der Waals surface area contributed by atoms with Crippen LogP contribution in [0.5, 0.6) is 0 Å². The quantitative estimate of drug-likeness (QED) is 0.660. The van der Waals surface area contributed by atoms with Crippen molar-refractivity contribution in [3.05, 3.63) is 0 Å². The summed E-state index contributed by atoms with van der Waals surface area (Å²) in [6.07, 6.45) is -5.86. The summed E-state index contributed by atoms with van der Waals surface area (Å²) >= 11 is 0. The van der Waals surface area contributed by atoms with Crippen molar-refractivity contribution in [1.29, 1.82) is 0 Å². The number of hydrogen-bond donors (Lipinski definition) is 1. The highest BCUT2D eigenvalue weighted by molar-refractivity contribution is 5.70. The Kier molecular flexibility index (Phi) is 3.28. The number of rotatable bonds is 3. The van der Waals surface area contributed by atoms with Gasteiger partial charge in [-0.25, -0.2) is 0 Å². The first kappa shape index (κ1) is 10.2. The van der Waals surface area contributed by atoms with Crippen molar-refractivity contribution in [3.63, 3.8) is 0 Å². The van der Waals surface area contributed by atoms with Gasteiger partial charge in [-0.3, -0.25) is 9.18 Å². The summed E-state index contributed by atoms with van der Waals surface area (Å²) in [6, 6.07) is 0. The van der Waals surface area contributed by atoms with E-state index in [9.17, 15) is 22.4 Å². The molecule has 0 aromatic heterocycles. The molecule has 0 amide bonds. The van der Waals surface area contributed by atoms with Crippen LogP contribution in [0.3, 0.4) is 0 Å². The molecule has 2 nitrogen and oxygen atoms in total. The van der Waals surface area contributed by atoms with Crippen LogP contribution in [0.4, 0.5) is 17.6 Å². The first-order valence-electron chi connectivity index (χ1n) is 2.75. The first-order chi connectivity index (χ1) is 4.89. The first-order valence-corrected chi connectivity index (χ1v) is 2.75. The topological polar surface area (TPSA) is 37.3 Å². The molecule has 0 fully saturated rings. The summed E-state index contributed by atoms with van der Waals surface area (Å²) in [6.45, 7) is -1.28. The molecule has 0 saturated carbocycles. The Morgan fingerprint density at radius 3 is 2.00 bits per heavy atom. The van der Waals surface area contributed by atoms with E-state index in [2.05, 4.69) is 0 Å². The van der Waals surface area contributed by atoms with Crippen molar-refractivity contribution < 1.29 is 27.5 Å². The third kappa shape index (κ3) is 3.20. The van der Waals surface area contributed by atoms with Crippen molar-refractivity contribution in [3.8, 4) is 0 Å². The molecule has 0 rings (SSSR count). The monoisotopic (exact) mass is 174 g/mol. The molecular formula is C5H6F4O2. The zero-order chi connectivity index (χ0) is 9.07. The Labute approximate surface area is 59.8 Å². The fourth-order valence-corrected chi connectivity index (χ4v) is 0.536. The maximum Gasteiger partial charge on any atom is 0.402 e. The molecule has 0 aliphatic carbocycles. The van der Waals surface area contributed by atoms with Crippen molar-refractivity contribution in [2.45, 2.75) is 12.6 Å². The molecule has 0 radical (unpaired) electrons. The zero-order valence-corrected chi connectivity index (χ0v) is 5.36. The Hall–Kier alpha value is -0.810. The molecule has 0 saturated heterocycles. The van der Waals surface area contributed by atoms with E-state index in [4.69, 9.17) is 5.11 Å². The molecule has 6 heteroatoms. The van der Waals surface area contributed by atoms with Crippen molar-refractivity contribution >= 4 is 5.97 Å².